The number of carbonyl (C=O) groups is 1. The second kappa shape index (κ2) is 9.03. The van der Waals surface area contributed by atoms with Crippen LogP contribution < -0.4 is 5.32 Å². The second-order valence-electron chi connectivity index (χ2n) is 6.44. The Morgan fingerprint density at radius 3 is 2.50 bits per heavy atom. The Hall–Kier alpha value is -3.35. The first kappa shape index (κ1) is 19.4. The van der Waals surface area contributed by atoms with E-state index in [2.05, 4.69) is 39.9 Å². The number of nitrogens with one attached hydrogen (secondary N) is 1. The van der Waals surface area contributed by atoms with Crippen LogP contribution in [0.4, 0.5) is 4.39 Å². The molecule has 1 atom stereocenters. The lowest BCUT2D eigenvalue weighted by Crippen LogP contribution is -2.31. The third-order valence-corrected chi connectivity index (χ3v) is 4.53. The van der Waals surface area contributed by atoms with Gasteiger partial charge in [-0.15, -0.1) is 5.10 Å². The first-order valence-corrected chi connectivity index (χ1v) is 9.14. The highest BCUT2D eigenvalue weighted by molar-refractivity contribution is 6.18. The molecule has 0 fully saturated rings. The van der Waals surface area contributed by atoms with Crippen LogP contribution in [0.1, 0.15) is 36.2 Å². The molecule has 0 bridgehead atoms. The molecule has 0 saturated carbocycles. The summed E-state index contributed by atoms with van der Waals surface area (Å²) in [6, 6.07) is 15.9. The lowest BCUT2D eigenvalue weighted by molar-refractivity contribution is -0.116. The fraction of sp³-hybridized carbons (Fsp3) is 0.238. The fourth-order valence-electron chi connectivity index (χ4n) is 2.92. The average molecular weight is 379 g/mol. The van der Waals surface area contributed by atoms with Gasteiger partial charge >= 0.3 is 0 Å². The Morgan fingerprint density at radius 2 is 1.89 bits per heavy atom. The number of rotatable bonds is 7. The van der Waals surface area contributed by atoms with Crippen molar-refractivity contribution < 1.29 is 9.18 Å². The van der Waals surface area contributed by atoms with E-state index < -0.39 is 0 Å². The number of nitrogens with zero attached hydrogens (tertiary/aromatic N) is 4. The minimum atomic E-state index is -0.338. The molecule has 0 unspecified atom stereocenters. The van der Waals surface area contributed by atoms with Crippen molar-refractivity contribution in [3.8, 4) is 0 Å². The summed E-state index contributed by atoms with van der Waals surface area (Å²) < 4.78 is 14.6. The van der Waals surface area contributed by atoms with E-state index in [1.54, 1.807) is 25.1 Å². The maximum Gasteiger partial charge on any atom is 0.270 e. The number of amides is 1. The number of carbonyl (C=O) groups excluding carboxylic acids is 1. The quantitative estimate of drug-likeness (QED) is 0.639. The zero-order chi connectivity index (χ0) is 19.9. The molecule has 0 aliphatic heterocycles. The Kier molecular flexibility index (Phi) is 6.26. The standard InChI is InChI=1S/C21H22FN5O/c1-3-17(18-7-5-4-6-8-18)14-23-21(28)20(27-15(2)24-25-26-27)13-16-9-11-19(22)12-10-16/h4-13,17H,3,14H2,1-2H3,(H,23,28)/b20-13+/t17-/m1/s1. The predicted molar refractivity (Wildman–Crippen MR) is 106 cm³/mol. The van der Waals surface area contributed by atoms with Crippen molar-refractivity contribution in [2.45, 2.75) is 26.2 Å². The lowest BCUT2D eigenvalue weighted by atomic mass is 9.96. The second-order valence-corrected chi connectivity index (χ2v) is 6.44. The minimum absolute atomic E-state index is 0.201. The Labute approximate surface area is 163 Å². The molecule has 1 aromatic heterocycles. The van der Waals surface area contributed by atoms with Gasteiger partial charge in [-0.2, -0.15) is 4.68 Å². The summed E-state index contributed by atoms with van der Waals surface area (Å²) >= 11 is 0. The summed E-state index contributed by atoms with van der Waals surface area (Å²) in [5.41, 5.74) is 2.13. The van der Waals surface area contributed by atoms with Gasteiger partial charge in [-0.05, 0) is 53.1 Å². The lowest BCUT2D eigenvalue weighted by Gasteiger charge is -2.17. The molecule has 2 aromatic carbocycles. The van der Waals surface area contributed by atoms with Gasteiger partial charge < -0.3 is 5.32 Å². The molecule has 0 radical (unpaired) electrons. The summed E-state index contributed by atoms with van der Waals surface area (Å²) in [6.45, 7) is 4.29. The van der Waals surface area contributed by atoms with Crippen molar-refractivity contribution in [3.63, 3.8) is 0 Å². The van der Waals surface area contributed by atoms with Gasteiger partial charge in [0.25, 0.3) is 5.91 Å². The van der Waals surface area contributed by atoms with Crippen molar-refractivity contribution in [1.29, 1.82) is 0 Å². The van der Waals surface area contributed by atoms with Crippen LogP contribution in [0.3, 0.4) is 0 Å². The van der Waals surface area contributed by atoms with E-state index in [0.29, 0.717) is 17.9 Å². The highest BCUT2D eigenvalue weighted by Gasteiger charge is 2.18. The first-order valence-electron chi connectivity index (χ1n) is 9.14. The van der Waals surface area contributed by atoms with Gasteiger partial charge in [-0.3, -0.25) is 4.79 Å². The van der Waals surface area contributed by atoms with Crippen LogP contribution in [-0.4, -0.2) is 32.7 Å². The van der Waals surface area contributed by atoms with Crippen LogP contribution in [0.25, 0.3) is 11.8 Å². The average Bonchev–Trinajstić information content (AvgIpc) is 3.14. The molecule has 28 heavy (non-hydrogen) atoms. The Balaban J connectivity index is 1.83. The van der Waals surface area contributed by atoms with Crippen molar-refractivity contribution in [2.24, 2.45) is 0 Å². The molecule has 144 valence electrons. The third-order valence-electron chi connectivity index (χ3n) is 4.53. The van der Waals surface area contributed by atoms with Crippen molar-refractivity contribution >= 4 is 17.7 Å². The van der Waals surface area contributed by atoms with Crippen LogP contribution in [-0.2, 0) is 4.79 Å². The molecule has 3 rings (SSSR count). The molecule has 3 aromatic rings. The first-order chi connectivity index (χ1) is 13.6. The van der Waals surface area contributed by atoms with E-state index in [9.17, 15) is 9.18 Å². The van der Waals surface area contributed by atoms with Crippen LogP contribution in [0.15, 0.2) is 54.6 Å². The molecule has 1 N–H and O–H groups in total. The Morgan fingerprint density at radius 1 is 1.18 bits per heavy atom. The van der Waals surface area contributed by atoms with Gasteiger partial charge in [0.15, 0.2) is 5.82 Å². The molecule has 0 aliphatic rings. The number of aryl methyl sites for hydroxylation is 1. The normalized spacial score (nSPS) is 12.6. The van der Waals surface area contributed by atoms with E-state index in [4.69, 9.17) is 0 Å². The van der Waals surface area contributed by atoms with Crippen LogP contribution >= 0.6 is 0 Å². The number of aromatic nitrogens is 4. The van der Waals surface area contributed by atoms with Gasteiger partial charge in [-0.1, -0.05) is 49.4 Å². The van der Waals surface area contributed by atoms with Crippen LogP contribution in [0.2, 0.25) is 0 Å². The third kappa shape index (κ3) is 4.68. The summed E-state index contributed by atoms with van der Waals surface area (Å²) in [4.78, 5) is 12.9. The van der Waals surface area contributed by atoms with E-state index in [0.717, 1.165) is 6.42 Å². The SMILES string of the molecule is CC[C@H](CNC(=O)/C(=C\c1ccc(F)cc1)n1nnnc1C)c1ccccc1. The number of tetrazole rings is 1. The van der Waals surface area contributed by atoms with Crippen molar-refractivity contribution in [2.75, 3.05) is 6.54 Å². The molecule has 0 spiro atoms. The van der Waals surface area contributed by atoms with E-state index >= 15 is 0 Å². The van der Waals surface area contributed by atoms with Gasteiger partial charge in [0.2, 0.25) is 0 Å². The van der Waals surface area contributed by atoms with E-state index in [-0.39, 0.29) is 23.3 Å². The van der Waals surface area contributed by atoms with Gasteiger partial charge in [0.1, 0.15) is 11.5 Å². The largest absolute Gasteiger partial charge is 0.350 e. The summed E-state index contributed by atoms with van der Waals surface area (Å²) in [6.07, 6.45) is 2.53. The van der Waals surface area contributed by atoms with Gasteiger partial charge in [0, 0.05) is 12.5 Å². The number of hydrogen-bond donors (Lipinski definition) is 1. The smallest absolute Gasteiger partial charge is 0.270 e. The van der Waals surface area contributed by atoms with Gasteiger partial charge in [0.05, 0.1) is 0 Å². The van der Waals surface area contributed by atoms with E-state index in [1.807, 2.05) is 18.2 Å². The number of hydrogen-bond acceptors (Lipinski definition) is 4. The zero-order valence-corrected chi connectivity index (χ0v) is 15.8. The summed E-state index contributed by atoms with van der Waals surface area (Å²) in [5, 5.41) is 14.4. The van der Waals surface area contributed by atoms with Crippen LogP contribution in [0, 0.1) is 12.7 Å². The highest BCUT2D eigenvalue weighted by atomic mass is 19.1. The van der Waals surface area contributed by atoms with Gasteiger partial charge in [-0.25, -0.2) is 4.39 Å². The predicted octanol–water partition coefficient (Wildman–Crippen LogP) is 3.43. The molecule has 6 nitrogen and oxygen atoms in total. The molecule has 7 heteroatoms. The topological polar surface area (TPSA) is 72.7 Å². The fourth-order valence-corrected chi connectivity index (χ4v) is 2.92. The highest BCUT2D eigenvalue weighted by Crippen LogP contribution is 2.19. The summed E-state index contributed by atoms with van der Waals surface area (Å²) in [7, 11) is 0. The summed E-state index contributed by atoms with van der Waals surface area (Å²) in [5.74, 6) is 0.0512. The van der Waals surface area contributed by atoms with E-state index in [1.165, 1.54) is 22.4 Å². The molecule has 1 amide bonds. The molecule has 0 saturated heterocycles. The minimum Gasteiger partial charge on any atom is -0.350 e. The van der Waals surface area contributed by atoms with Crippen molar-refractivity contribution in [1.82, 2.24) is 25.5 Å². The zero-order valence-electron chi connectivity index (χ0n) is 15.8. The molecular weight excluding hydrogens is 357 g/mol. The molecule has 1 heterocycles. The number of halogens is 1. The maximum atomic E-state index is 13.2. The molecular formula is C21H22FN5O. The maximum absolute atomic E-state index is 13.2. The Bertz CT molecular complexity index is 950. The van der Waals surface area contributed by atoms with Crippen molar-refractivity contribution in [3.05, 3.63) is 77.4 Å². The number of benzene rings is 2. The monoisotopic (exact) mass is 379 g/mol. The molecule has 0 aliphatic carbocycles. The van der Waals surface area contributed by atoms with Crippen LogP contribution in [0.5, 0.6) is 0 Å².